The number of aryl methyl sites for hydroxylation is 1. The van der Waals surface area contributed by atoms with E-state index in [4.69, 9.17) is 28.3 Å². The van der Waals surface area contributed by atoms with Crippen LogP contribution in [0.3, 0.4) is 0 Å². The highest BCUT2D eigenvalue weighted by Crippen LogP contribution is 2.39. The standard InChI is InChI=1S/C38H40F2N4O5/c1-22-26(10-7-12-28(22)35-41-24(3)34(48-35)21-43-15-5-6-16-43)27-11-8-13-29(23(27)2)36-42-30-18-25(32(49-38(39)40)19-33(30)47-36)20-44-17-9-14-31(44)37(45)46-4/h7-8,10-13,18-19,31,38H,5-6,9,14-17,20-21H2,1-4H3/t31-/m0/s1. The molecule has 5 aromatic rings. The van der Waals surface area contributed by atoms with E-state index in [1.807, 2.05) is 43.0 Å². The van der Waals surface area contributed by atoms with E-state index < -0.39 is 12.7 Å². The zero-order valence-electron chi connectivity index (χ0n) is 28.2. The van der Waals surface area contributed by atoms with E-state index in [9.17, 15) is 13.6 Å². The lowest BCUT2D eigenvalue weighted by Gasteiger charge is -2.23. The third-order valence-corrected chi connectivity index (χ3v) is 9.87. The minimum Gasteiger partial charge on any atom is -0.468 e. The molecule has 0 N–H and O–H groups in total. The van der Waals surface area contributed by atoms with Crippen LogP contribution >= 0.6 is 0 Å². The maximum absolute atomic E-state index is 13.5. The van der Waals surface area contributed by atoms with Crippen molar-refractivity contribution >= 4 is 17.1 Å². The Labute approximate surface area is 283 Å². The summed E-state index contributed by atoms with van der Waals surface area (Å²) >= 11 is 0. The monoisotopic (exact) mass is 670 g/mol. The van der Waals surface area contributed by atoms with Crippen molar-refractivity contribution in [2.45, 2.75) is 72.2 Å². The SMILES string of the molecule is COC(=O)[C@@H]1CCCN1Cc1cc2nc(-c3cccc(-c4cccc(-c5nc(C)c(CN6CCCC6)o5)c4C)c3C)oc2cc1OC(F)F. The van der Waals surface area contributed by atoms with Crippen LogP contribution in [0.25, 0.3) is 45.1 Å². The van der Waals surface area contributed by atoms with Crippen molar-refractivity contribution in [1.29, 1.82) is 0 Å². The summed E-state index contributed by atoms with van der Waals surface area (Å²) in [4.78, 5) is 26.3. The molecule has 256 valence electrons. The Morgan fingerprint density at radius 2 is 1.53 bits per heavy atom. The molecular formula is C38H40F2N4O5. The number of nitrogens with zero attached hydrogens (tertiary/aromatic N) is 4. The zero-order valence-corrected chi connectivity index (χ0v) is 28.2. The van der Waals surface area contributed by atoms with Gasteiger partial charge in [-0.15, -0.1) is 0 Å². The lowest BCUT2D eigenvalue weighted by molar-refractivity contribution is -0.146. The number of carbonyl (C=O) groups is 1. The van der Waals surface area contributed by atoms with Gasteiger partial charge in [0, 0.05) is 29.3 Å². The Hall–Kier alpha value is -4.61. The van der Waals surface area contributed by atoms with Crippen molar-refractivity contribution in [2.75, 3.05) is 26.7 Å². The Kier molecular flexibility index (Phi) is 9.21. The van der Waals surface area contributed by atoms with Gasteiger partial charge in [0.15, 0.2) is 5.58 Å². The van der Waals surface area contributed by atoms with Crippen molar-refractivity contribution in [3.63, 3.8) is 0 Å². The number of hydrogen-bond acceptors (Lipinski definition) is 9. The number of halogens is 2. The lowest BCUT2D eigenvalue weighted by Crippen LogP contribution is -2.36. The minimum absolute atomic E-state index is 0.0102. The van der Waals surface area contributed by atoms with Crippen molar-refractivity contribution in [3.8, 4) is 39.8 Å². The number of hydrogen-bond donors (Lipinski definition) is 0. The number of likely N-dealkylation sites (tertiary alicyclic amines) is 2. The average Bonchev–Trinajstić information content (AvgIpc) is 3.90. The van der Waals surface area contributed by atoms with Crippen LogP contribution in [-0.2, 0) is 22.6 Å². The highest BCUT2D eigenvalue weighted by atomic mass is 19.3. The van der Waals surface area contributed by atoms with Crippen LogP contribution in [0.4, 0.5) is 8.78 Å². The molecule has 9 nitrogen and oxygen atoms in total. The first-order valence-electron chi connectivity index (χ1n) is 16.8. The molecule has 4 heterocycles. The number of rotatable bonds is 10. The van der Waals surface area contributed by atoms with Crippen LogP contribution < -0.4 is 4.74 Å². The largest absolute Gasteiger partial charge is 0.468 e. The molecule has 49 heavy (non-hydrogen) atoms. The topological polar surface area (TPSA) is 94.1 Å². The van der Waals surface area contributed by atoms with Crippen molar-refractivity contribution in [1.82, 2.24) is 19.8 Å². The summed E-state index contributed by atoms with van der Waals surface area (Å²) in [5.74, 6) is 1.54. The first-order chi connectivity index (χ1) is 23.7. The predicted octanol–water partition coefficient (Wildman–Crippen LogP) is 8.08. The number of esters is 1. The number of fused-ring (bicyclic) bond motifs is 1. The Balaban J connectivity index is 1.21. The van der Waals surface area contributed by atoms with E-state index in [1.54, 1.807) is 6.07 Å². The molecule has 2 aliphatic rings. The van der Waals surface area contributed by atoms with Crippen molar-refractivity contribution in [2.24, 2.45) is 0 Å². The van der Waals surface area contributed by atoms with Gasteiger partial charge >= 0.3 is 12.6 Å². The fourth-order valence-corrected chi connectivity index (χ4v) is 7.23. The second-order valence-electron chi connectivity index (χ2n) is 12.9. The van der Waals surface area contributed by atoms with Crippen LogP contribution in [0.2, 0.25) is 0 Å². The summed E-state index contributed by atoms with van der Waals surface area (Å²) < 4.78 is 49.4. The molecule has 0 unspecified atom stereocenters. The molecule has 2 fully saturated rings. The van der Waals surface area contributed by atoms with Gasteiger partial charge in [-0.05, 0) is 107 Å². The molecular weight excluding hydrogens is 630 g/mol. The number of carbonyl (C=O) groups excluding carboxylic acids is 1. The molecule has 2 aromatic heterocycles. The summed E-state index contributed by atoms with van der Waals surface area (Å²) in [5.41, 5.74) is 7.99. The molecule has 0 amide bonds. The van der Waals surface area contributed by atoms with Gasteiger partial charge in [0.2, 0.25) is 11.8 Å². The predicted molar refractivity (Wildman–Crippen MR) is 181 cm³/mol. The molecule has 0 saturated carbocycles. The second-order valence-corrected chi connectivity index (χ2v) is 12.9. The third kappa shape index (κ3) is 6.57. The first-order valence-corrected chi connectivity index (χ1v) is 16.8. The summed E-state index contributed by atoms with van der Waals surface area (Å²) in [5, 5.41) is 0. The number of oxazole rings is 2. The summed E-state index contributed by atoms with van der Waals surface area (Å²) in [7, 11) is 1.35. The maximum Gasteiger partial charge on any atom is 0.387 e. The van der Waals surface area contributed by atoms with Crippen LogP contribution in [0.15, 0.2) is 57.4 Å². The van der Waals surface area contributed by atoms with E-state index in [1.165, 1.54) is 26.0 Å². The van der Waals surface area contributed by atoms with Crippen molar-refractivity contribution in [3.05, 3.63) is 76.7 Å². The van der Waals surface area contributed by atoms with Gasteiger partial charge in [0.1, 0.15) is 23.1 Å². The van der Waals surface area contributed by atoms with E-state index in [-0.39, 0.29) is 18.3 Å². The molecule has 11 heteroatoms. The third-order valence-electron chi connectivity index (χ3n) is 9.87. The quantitative estimate of drug-likeness (QED) is 0.137. The number of alkyl halides is 2. The number of aromatic nitrogens is 2. The van der Waals surface area contributed by atoms with Crippen molar-refractivity contribution < 1.29 is 31.9 Å². The zero-order chi connectivity index (χ0) is 34.2. The van der Waals surface area contributed by atoms with E-state index >= 15 is 0 Å². The van der Waals surface area contributed by atoms with Gasteiger partial charge in [-0.1, -0.05) is 24.3 Å². The van der Waals surface area contributed by atoms with Gasteiger partial charge in [-0.3, -0.25) is 14.6 Å². The smallest absolute Gasteiger partial charge is 0.387 e. The van der Waals surface area contributed by atoms with Gasteiger partial charge < -0.3 is 18.3 Å². The van der Waals surface area contributed by atoms with Crippen LogP contribution in [0.5, 0.6) is 5.75 Å². The maximum atomic E-state index is 13.5. The first kappa shape index (κ1) is 32.9. The highest BCUT2D eigenvalue weighted by molar-refractivity contribution is 5.84. The van der Waals surface area contributed by atoms with Gasteiger partial charge in [0.05, 0.1) is 19.3 Å². The second kappa shape index (κ2) is 13.7. The van der Waals surface area contributed by atoms with Gasteiger partial charge in [-0.25, -0.2) is 9.97 Å². The fraction of sp³-hybridized carbons (Fsp3) is 0.395. The average molecular weight is 671 g/mol. The number of ether oxygens (including phenoxy) is 2. The van der Waals surface area contributed by atoms with E-state index in [2.05, 4.69) is 24.0 Å². The lowest BCUT2D eigenvalue weighted by atomic mass is 9.91. The van der Waals surface area contributed by atoms with Crippen LogP contribution in [-0.4, -0.2) is 65.1 Å². The summed E-state index contributed by atoms with van der Waals surface area (Å²) in [6, 6.07) is 14.8. The molecule has 7 rings (SSSR count). The molecule has 0 aliphatic carbocycles. The van der Waals surface area contributed by atoms with Gasteiger partial charge in [0.25, 0.3) is 0 Å². The molecule has 0 bridgehead atoms. The highest BCUT2D eigenvalue weighted by Gasteiger charge is 2.32. The minimum atomic E-state index is -3.02. The summed E-state index contributed by atoms with van der Waals surface area (Å²) in [6.07, 6.45) is 3.88. The van der Waals surface area contributed by atoms with Crippen LogP contribution in [0.1, 0.15) is 53.8 Å². The molecule has 0 spiro atoms. The van der Waals surface area contributed by atoms with Crippen LogP contribution in [0, 0.1) is 20.8 Å². The Bertz CT molecular complexity index is 2000. The Morgan fingerprint density at radius 3 is 2.18 bits per heavy atom. The molecule has 0 radical (unpaired) electrons. The number of benzene rings is 3. The molecule has 2 saturated heterocycles. The summed E-state index contributed by atoms with van der Waals surface area (Å²) in [6.45, 7) is 6.88. The van der Waals surface area contributed by atoms with E-state index in [0.717, 1.165) is 70.9 Å². The van der Waals surface area contributed by atoms with Gasteiger partial charge in [-0.2, -0.15) is 8.78 Å². The molecule has 3 aromatic carbocycles. The fourth-order valence-electron chi connectivity index (χ4n) is 7.23. The molecule has 2 aliphatic heterocycles. The Morgan fingerprint density at radius 1 is 0.878 bits per heavy atom. The normalized spacial score (nSPS) is 17.1. The van der Waals surface area contributed by atoms with E-state index in [0.29, 0.717) is 41.4 Å². The molecule has 1 atom stereocenters. The number of methoxy groups -OCH3 is 1.